The SMILES string of the molecule is Cc1cccc(N2CCN(C(=O)CNCCC3=CCCCC3)CC2)c1C. The van der Waals surface area contributed by atoms with Crippen LogP contribution in [0, 0.1) is 13.8 Å². The number of hydrogen-bond donors (Lipinski definition) is 1. The van der Waals surface area contributed by atoms with Crippen LogP contribution in [0.3, 0.4) is 0 Å². The number of rotatable bonds is 6. The molecule has 1 aromatic rings. The maximum atomic E-state index is 12.4. The average molecular weight is 356 g/mol. The largest absolute Gasteiger partial charge is 0.368 e. The van der Waals surface area contributed by atoms with Crippen molar-refractivity contribution < 1.29 is 4.79 Å². The molecule has 2 aliphatic rings. The number of piperazine rings is 1. The fourth-order valence-corrected chi connectivity index (χ4v) is 3.96. The highest BCUT2D eigenvalue weighted by Crippen LogP contribution is 2.24. The number of amides is 1. The molecular formula is C22H33N3O. The van der Waals surface area contributed by atoms with Gasteiger partial charge in [0, 0.05) is 31.9 Å². The highest BCUT2D eigenvalue weighted by atomic mass is 16.2. The van der Waals surface area contributed by atoms with Crippen molar-refractivity contribution in [2.45, 2.75) is 46.0 Å². The minimum absolute atomic E-state index is 0.239. The van der Waals surface area contributed by atoms with Crippen LogP contribution in [0.5, 0.6) is 0 Å². The minimum Gasteiger partial charge on any atom is -0.368 e. The number of nitrogens with zero attached hydrogens (tertiary/aromatic N) is 2. The van der Waals surface area contributed by atoms with E-state index in [-0.39, 0.29) is 5.91 Å². The second-order valence-electron chi connectivity index (χ2n) is 7.62. The summed E-state index contributed by atoms with van der Waals surface area (Å²) in [6, 6.07) is 6.48. The first-order valence-corrected chi connectivity index (χ1v) is 10.1. The van der Waals surface area contributed by atoms with Crippen LogP contribution < -0.4 is 10.2 Å². The molecule has 1 aromatic carbocycles. The van der Waals surface area contributed by atoms with E-state index in [2.05, 4.69) is 48.3 Å². The Bertz CT molecular complexity index is 645. The average Bonchev–Trinajstić information content (AvgIpc) is 2.68. The van der Waals surface area contributed by atoms with Gasteiger partial charge in [0.15, 0.2) is 0 Å². The van der Waals surface area contributed by atoms with Gasteiger partial charge in [0.1, 0.15) is 0 Å². The van der Waals surface area contributed by atoms with Gasteiger partial charge < -0.3 is 15.1 Å². The Balaban J connectivity index is 1.39. The summed E-state index contributed by atoms with van der Waals surface area (Å²) in [5.74, 6) is 0.239. The van der Waals surface area contributed by atoms with Crippen molar-refractivity contribution in [1.82, 2.24) is 10.2 Å². The van der Waals surface area contributed by atoms with Gasteiger partial charge in [-0.1, -0.05) is 23.8 Å². The molecule has 26 heavy (non-hydrogen) atoms. The van der Waals surface area contributed by atoms with Gasteiger partial charge >= 0.3 is 0 Å². The Kier molecular flexibility index (Phi) is 6.73. The van der Waals surface area contributed by atoms with Crippen LogP contribution >= 0.6 is 0 Å². The van der Waals surface area contributed by atoms with Crippen LogP contribution in [0.1, 0.15) is 43.2 Å². The fourth-order valence-electron chi connectivity index (χ4n) is 3.96. The third-order valence-corrected chi connectivity index (χ3v) is 5.83. The van der Waals surface area contributed by atoms with Gasteiger partial charge in [0.2, 0.25) is 5.91 Å². The zero-order valence-corrected chi connectivity index (χ0v) is 16.4. The highest BCUT2D eigenvalue weighted by Gasteiger charge is 2.21. The molecule has 4 heteroatoms. The first-order chi connectivity index (χ1) is 12.6. The smallest absolute Gasteiger partial charge is 0.236 e. The number of aryl methyl sites for hydroxylation is 1. The van der Waals surface area contributed by atoms with E-state index in [0.717, 1.165) is 39.1 Å². The zero-order valence-electron chi connectivity index (χ0n) is 16.4. The van der Waals surface area contributed by atoms with Crippen molar-refractivity contribution in [3.8, 4) is 0 Å². The summed E-state index contributed by atoms with van der Waals surface area (Å²) in [6.07, 6.45) is 8.63. The molecule has 1 heterocycles. The minimum atomic E-state index is 0.239. The van der Waals surface area contributed by atoms with E-state index in [9.17, 15) is 4.79 Å². The molecule has 4 nitrogen and oxygen atoms in total. The van der Waals surface area contributed by atoms with Gasteiger partial charge in [-0.3, -0.25) is 4.79 Å². The first-order valence-electron chi connectivity index (χ1n) is 10.1. The fraction of sp³-hybridized carbons (Fsp3) is 0.591. The van der Waals surface area contributed by atoms with Crippen LogP contribution in [0.4, 0.5) is 5.69 Å². The van der Waals surface area contributed by atoms with E-state index in [1.54, 1.807) is 5.57 Å². The van der Waals surface area contributed by atoms with Gasteiger partial charge in [0.05, 0.1) is 6.54 Å². The van der Waals surface area contributed by atoms with Crippen molar-refractivity contribution in [2.24, 2.45) is 0 Å². The van der Waals surface area contributed by atoms with Gasteiger partial charge in [-0.05, 0) is 69.7 Å². The Morgan fingerprint density at radius 2 is 1.92 bits per heavy atom. The molecule has 0 spiro atoms. The van der Waals surface area contributed by atoms with Gasteiger partial charge in [0.25, 0.3) is 0 Å². The number of hydrogen-bond acceptors (Lipinski definition) is 3. The standard InChI is InChI=1S/C22H33N3O/c1-18-7-6-10-21(19(18)2)24-13-15-25(16-14-24)22(26)17-23-12-11-20-8-4-3-5-9-20/h6-8,10,23H,3-5,9,11-17H2,1-2H3. The molecule has 1 fully saturated rings. The van der Waals surface area contributed by atoms with Gasteiger partial charge in [-0.25, -0.2) is 0 Å². The summed E-state index contributed by atoms with van der Waals surface area (Å²) in [5, 5.41) is 3.34. The van der Waals surface area contributed by atoms with Crippen molar-refractivity contribution in [3.05, 3.63) is 41.0 Å². The maximum Gasteiger partial charge on any atom is 0.236 e. The Morgan fingerprint density at radius 1 is 1.12 bits per heavy atom. The van der Waals surface area contributed by atoms with E-state index >= 15 is 0 Å². The molecule has 1 amide bonds. The van der Waals surface area contributed by atoms with Crippen molar-refractivity contribution in [2.75, 3.05) is 44.2 Å². The molecule has 0 aromatic heterocycles. The van der Waals surface area contributed by atoms with Gasteiger partial charge in [-0.15, -0.1) is 0 Å². The molecule has 0 unspecified atom stereocenters. The number of benzene rings is 1. The predicted molar refractivity (Wildman–Crippen MR) is 109 cm³/mol. The molecule has 1 aliphatic carbocycles. The molecule has 1 saturated heterocycles. The number of nitrogens with one attached hydrogen (secondary N) is 1. The van der Waals surface area contributed by atoms with E-state index in [1.807, 2.05) is 4.90 Å². The number of carbonyl (C=O) groups is 1. The normalized spacial score (nSPS) is 18.0. The molecular weight excluding hydrogens is 322 g/mol. The summed E-state index contributed by atoms with van der Waals surface area (Å²) < 4.78 is 0. The van der Waals surface area contributed by atoms with Crippen molar-refractivity contribution in [3.63, 3.8) is 0 Å². The quantitative estimate of drug-likeness (QED) is 0.627. The second kappa shape index (κ2) is 9.22. The first kappa shape index (κ1) is 19.0. The lowest BCUT2D eigenvalue weighted by atomic mass is 9.97. The summed E-state index contributed by atoms with van der Waals surface area (Å²) in [7, 11) is 0. The number of anilines is 1. The second-order valence-corrected chi connectivity index (χ2v) is 7.62. The van der Waals surface area contributed by atoms with Crippen LogP contribution in [-0.4, -0.2) is 50.1 Å². The Hall–Kier alpha value is -1.81. The van der Waals surface area contributed by atoms with Gasteiger partial charge in [-0.2, -0.15) is 0 Å². The number of carbonyl (C=O) groups excluding carboxylic acids is 1. The zero-order chi connectivity index (χ0) is 18.4. The molecule has 0 bridgehead atoms. The van der Waals surface area contributed by atoms with E-state index in [1.165, 1.54) is 42.5 Å². The molecule has 1 N–H and O–H groups in total. The van der Waals surface area contributed by atoms with E-state index in [4.69, 9.17) is 0 Å². The van der Waals surface area contributed by atoms with Crippen LogP contribution in [0.2, 0.25) is 0 Å². The third kappa shape index (κ3) is 4.88. The number of allylic oxidation sites excluding steroid dienone is 1. The lowest BCUT2D eigenvalue weighted by Crippen LogP contribution is -2.51. The molecule has 142 valence electrons. The highest BCUT2D eigenvalue weighted by molar-refractivity contribution is 5.78. The molecule has 0 atom stereocenters. The van der Waals surface area contributed by atoms with Crippen LogP contribution in [-0.2, 0) is 4.79 Å². The van der Waals surface area contributed by atoms with Crippen molar-refractivity contribution in [1.29, 1.82) is 0 Å². The molecule has 3 rings (SSSR count). The Labute approximate surface area is 158 Å². The molecule has 0 radical (unpaired) electrons. The van der Waals surface area contributed by atoms with E-state index < -0.39 is 0 Å². The maximum absolute atomic E-state index is 12.4. The molecule has 1 aliphatic heterocycles. The molecule has 0 saturated carbocycles. The van der Waals surface area contributed by atoms with Crippen LogP contribution in [0.15, 0.2) is 29.8 Å². The van der Waals surface area contributed by atoms with E-state index in [0.29, 0.717) is 6.54 Å². The Morgan fingerprint density at radius 3 is 2.65 bits per heavy atom. The summed E-state index contributed by atoms with van der Waals surface area (Å²) in [6.45, 7) is 9.21. The predicted octanol–water partition coefficient (Wildman–Crippen LogP) is 3.43. The summed E-state index contributed by atoms with van der Waals surface area (Å²) in [4.78, 5) is 16.9. The lowest BCUT2D eigenvalue weighted by molar-refractivity contribution is -0.130. The van der Waals surface area contributed by atoms with Crippen molar-refractivity contribution >= 4 is 11.6 Å². The summed E-state index contributed by atoms with van der Waals surface area (Å²) >= 11 is 0. The monoisotopic (exact) mass is 355 g/mol. The topological polar surface area (TPSA) is 35.6 Å². The summed E-state index contributed by atoms with van der Waals surface area (Å²) in [5.41, 5.74) is 5.57. The lowest BCUT2D eigenvalue weighted by Gasteiger charge is -2.37. The van der Waals surface area contributed by atoms with Crippen LogP contribution in [0.25, 0.3) is 0 Å². The third-order valence-electron chi connectivity index (χ3n) is 5.83.